The third-order valence-electron chi connectivity index (χ3n) is 2.96. The van der Waals surface area contributed by atoms with Crippen LogP contribution in [0.3, 0.4) is 0 Å². The molecule has 116 valence electrons. The van der Waals surface area contributed by atoms with Gasteiger partial charge in [0.2, 0.25) is 0 Å². The third kappa shape index (κ3) is 4.56. The van der Waals surface area contributed by atoms with Crippen LogP contribution >= 0.6 is 11.6 Å². The van der Waals surface area contributed by atoms with Crippen LogP contribution in [0.2, 0.25) is 5.02 Å². The predicted octanol–water partition coefficient (Wildman–Crippen LogP) is 3.32. The van der Waals surface area contributed by atoms with E-state index in [1.807, 2.05) is 13.0 Å². The van der Waals surface area contributed by atoms with Crippen molar-refractivity contribution < 1.29 is 14.3 Å². The number of amides is 1. The molecule has 1 N–H and O–H groups in total. The quantitative estimate of drug-likeness (QED) is 0.873. The van der Waals surface area contributed by atoms with Gasteiger partial charge in [0.15, 0.2) is 6.61 Å². The number of hydrogen-bond donors (Lipinski definition) is 1. The fourth-order valence-corrected chi connectivity index (χ4v) is 2.12. The molecule has 23 heavy (non-hydrogen) atoms. The molecule has 0 radical (unpaired) electrons. The zero-order chi connectivity index (χ0) is 16.8. The standard InChI is InChI=1S/C17H13ClN2O3/c1-11-5-6-15(14(18)7-11)20-16(21)10-23-17(22)13-4-2-3-12(8-13)9-19/h2-8H,10H2,1H3,(H,20,21). The Kier molecular flexibility index (Phi) is 5.34. The van der Waals surface area contributed by atoms with E-state index in [2.05, 4.69) is 5.32 Å². The summed E-state index contributed by atoms with van der Waals surface area (Å²) in [7, 11) is 0. The average Bonchev–Trinajstić information content (AvgIpc) is 2.55. The van der Waals surface area contributed by atoms with Crippen molar-refractivity contribution in [2.24, 2.45) is 0 Å². The summed E-state index contributed by atoms with van der Waals surface area (Å²) in [5, 5.41) is 11.8. The van der Waals surface area contributed by atoms with Crippen molar-refractivity contribution in [3.8, 4) is 6.07 Å². The summed E-state index contributed by atoms with van der Waals surface area (Å²) in [5.41, 5.74) is 1.97. The highest BCUT2D eigenvalue weighted by atomic mass is 35.5. The first kappa shape index (κ1) is 16.5. The van der Waals surface area contributed by atoms with Gasteiger partial charge in [-0.3, -0.25) is 4.79 Å². The van der Waals surface area contributed by atoms with Gasteiger partial charge in [0.25, 0.3) is 5.91 Å². The number of esters is 1. The Bertz CT molecular complexity index is 797. The zero-order valence-corrected chi connectivity index (χ0v) is 13.1. The Hall–Kier alpha value is -2.84. The number of nitrogens with zero attached hydrogens (tertiary/aromatic N) is 1. The van der Waals surface area contributed by atoms with Gasteiger partial charge in [0.1, 0.15) is 0 Å². The van der Waals surface area contributed by atoms with Crippen LogP contribution in [0.15, 0.2) is 42.5 Å². The van der Waals surface area contributed by atoms with Crippen molar-refractivity contribution in [2.45, 2.75) is 6.92 Å². The van der Waals surface area contributed by atoms with Crippen LogP contribution in [0.5, 0.6) is 0 Å². The molecule has 2 rings (SSSR count). The summed E-state index contributed by atoms with van der Waals surface area (Å²) in [6.07, 6.45) is 0. The Morgan fingerprint density at radius 2 is 2.04 bits per heavy atom. The molecule has 0 heterocycles. The smallest absolute Gasteiger partial charge is 0.338 e. The molecule has 2 aromatic rings. The molecule has 0 bridgehead atoms. The first-order chi connectivity index (χ1) is 11.0. The molecule has 0 aliphatic rings. The molecular weight excluding hydrogens is 316 g/mol. The van der Waals surface area contributed by atoms with E-state index < -0.39 is 18.5 Å². The van der Waals surface area contributed by atoms with E-state index in [-0.39, 0.29) is 5.56 Å². The maximum Gasteiger partial charge on any atom is 0.338 e. The monoisotopic (exact) mass is 328 g/mol. The second-order valence-electron chi connectivity index (χ2n) is 4.80. The Balaban J connectivity index is 1.93. The van der Waals surface area contributed by atoms with Crippen LogP contribution in [-0.2, 0) is 9.53 Å². The van der Waals surface area contributed by atoms with E-state index in [1.165, 1.54) is 12.1 Å². The summed E-state index contributed by atoms with van der Waals surface area (Å²) in [6, 6.07) is 13.2. The predicted molar refractivity (Wildman–Crippen MR) is 86.3 cm³/mol. The number of carbonyl (C=O) groups excluding carboxylic acids is 2. The number of rotatable bonds is 4. The Labute approximate surface area is 138 Å². The summed E-state index contributed by atoms with van der Waals surface area (Å²) < 4.78 is 4.92. The summed E-state index contributed by atoms with van der Waals surface area (Å²) >= 11 is 6.01. The highest BCUT2D eigenvalue weighted by Crippen LogP contribution is 2.22. The minimum Gasteiger partial charge on any atom is -0.452 e. The van der Waals surface area contributed by atoms with Crippen LogP contribution < -0.4 is 5.32 Å². The molecule has 1 amide bonds. The molecule has 0 saturated carbocycles. The second-order valence-corrected chi connectivity index (χ2v) is 5.21. The number of nitriles is 1. The van der Waals surface area contributed by atoms with E-state index in [1.54, 1.807) is 30.3 Å². The molecule has 2 aromatic carbocycles. The number of nitrogens with one attached hydrogen (secondary N) is 1. The number of benzene rings is 2. The number of ether oxygens (including phenoxy) is 1. The maximum absolute atomic E-state index is 11.8. The molecule has 0 fully saturated rings. The zero-order valence-electron chi connectivity index (χ0n) is 12.3. The molecule has 6 heteroatoms. The van der Waals surface area contributed by atoms with E-state index in [4.69, 9.17) is 21.6 Å². The first-order valence-electron chi connectivity index (χ1n) is 6.73. The summed E-state index contributed by atoms with van der Waals surface area (Å²) in [5.74, 6) is -1.17. The van der Waals surface area contributed by atoms with E-state index in [9.17, 15) is 9.59 Å². The van der Waals surface area contributed by atoms with Crippen molar-refractivity contribution in [3.63, 3.8) is 0 Å². The SMILES string of the molecule is Cc1ccc(NC(=O)COC(=O)c2cccc(C#N)c2)c(Cl)c1. The Morgan fingerprint density at radius 1 is 1.26 bits per heavy atom. The highest BCUT2D eigenvalue weighted by Gasteiger charge is 2.12. The lowest BCUT2D eigenvalue weighted by Gasteiger charge is -2.08. The van der Waals surface area contributed by atoms with Crippen molar-refractivity contribution in [3.05, 3.63) is 64.2 Å². The minimum atomic E-state index is -0.674. The number of aryl methyl sites for hydroxylation is 1. The van der Waals surface area contributed by atoms with Gasteiger partial charge >= 0.3 is 5.97 Å². The van der Waals surface area contributed by atoms with Gasteiger partial charge in [-0.2, -0.15) is 5.26 Å². The van der Waals surface area contributed by atoms with Crippen LogP contribution in [0, 0.1) is 18.3 Å². The number of hydrogen-bond acceptors (Lipinski definition) is 4. The molecule has 5 nitrogen and oxygen atoms in total. The van der Waals surface area contributed by atoms with E-state index in [0.717, 1.165) is 5.56 Å². The topological polar surface area (TPSA) is 79.2 Å². The largest absolute Gasteiger partial charge is 0.452 e. The van der Waals surface area contributed by atoms with E-state index >= 15 is 0 Å². The maximum atomic E-state index is 11.8. The Morgan fingerprint density at radius 3 is 2.74 bits per heavy atom. The van der Waals surface area contributed by atoms with Gasteiger partial charge in [-0.1, -0.05) is 23.7 Å². The number of carbonyl (C=O) groups is 2. The molecule has 0 saturated heterocycles. The van der Waals surface area contributed by atoms with Crippen molar-refractivity contribution >= 4 is 29.2 Å². The number of anilines is 1. The van der Waals surface area contributed by atoms with Gasteiger partial charge in [0.05, 0.1) is 27.9 Å². The lowest BCUT2D eigenvalue weighted by atomic mass is 10.1. The fourth-order valence-electron chi connectivity index (χ4n) is 1.84. The van der Waals surface area contributed by atoms with Crippen molar-refractivity contribution in [1.82, 2.24) is 0 Å². The summed E-state index contributed by atoms with van der Waals surface area (Å²) in [4.78, 5) is 23.7. The van der Waals surface area contributed by atoms with Crippen LogP contribution in [0.25, 0.3) is 0 Å². The minimum absolute atomic E-state index is 0.213. The molecule has 0 unspecified atom stereocenters. The lowest BCUT2D eigenvalue weighted by Crippen LogP contribution is -2.21. The molecule has 0 aliphatic carbocycles. The lowest BCUT2D eigenvalue weighted by molar-refractivity contribution is -0.119. The fraction of sp³-hybridized carbons (Fsp3) is 0.118. The average molecular weight is 329 g/mol. The van der Waals surface area contributed by atoms with Gasteiger partial charge in [-0.05, 0) is 42.8 Å². The van der Waals surface area contributed by atoms with Crippen molar-refractivity contribution in [1.29, 1.82) is 5.26 Å². The first-order valence-corrected chi connectivity index (χ1v) is 7.10. The second kappa shape index (κ2) is 7.43. The highest BCUT2D eigenvalue weighted by molar-refractivity contribution is 6.33. The molecule has 0 aromatic heterocycles. The summed E-state index contributed by atoms with van der Waals surface area (Å²) in [6.45, 7) is 1.44. The van der Waals surface area contributed by atoms with E-state index in [0.29, 0.717) is 16.3 Å². The van der Waals surface area contributed by atoms with Crippen LogP contribution in [-0.4, -0.2) is 18.5 Å². The number of halogens is 1. The van der Waals surface area contributed by atoms with Crippen molar-refractivity contribution in [2.75, 3.05) is 11.9 Å². The molecule has 0 atom stereocenters. The molecule has 0 aliphatic heterocycles. The third-order valence-corrected chi connectivity index (χ3v) is 3.27. The van der Waals surface area contributed by atoms with Gasteiger partial charge in [-0.25, -0.2) is 4.79 Å². The molecular formula is C17H13ClN2O3. The van der Waals surface area contributed by atoms with Gasteiger partial charge < -0.3 is 10.1 Å². The van der Waals surface area contributed by atoms with Crippen LogP contribution in [0.1, 0.15) is 21.5 Å². The molecule has 0 spiro atoms. The van der Waals surface area contributed by atoms with Gasteiger partial charge in [-0.15, -0.1) is 0 Å². The normalized spacial score (nSPS) is 9.78. The van der Waals surface area contributed by atoms with Gasteiger partial charge in [0, 0.05) is 0 Å². The van der Waals surface area contributed by atoms with Crippen LogP contribution in [0.4, 0.5) is 5.69 Å².